The van der Waals surface area contributed by atoms with Crippen LogP contribution >= 0.6 is 0 Å². The van der Waals surface area contributed by atoms with E-state index in [9.17, 15) is 0 Å². The number of hydrogen-bond donors (Lipinski definition) is 1. The predicted octanol–water partition coefficient (Wildman–Crippen LogP) is 2.36. The molecule has 0 bridgehead atoms. The zero-order valence-electron chi connectivity index (χ0n) is 6.52. The molecule has 0 aromatic heterocycles. The van der Waals surface area contributed by atoms with E-state index in [4.69, 9.17) is 0 Å². The Balaban J connectivity index is 2.42. The van der Waals surface area contributed by atoms with Crippen molar-refractivity contribution in [2.24, 2.45) is 0 Å². The number of hydrogen-bond acceptors (Lipinski definition) is 1. The van der Waals surface area contributed by atoms with E-state index >= 15 is 0 Å². The SMILES string of the molecule is CC1=CCc2c[c]ccc2N1. The molecule has 1 heteroatoms. The minimum Gasteiger partial charge on any atom is -0.359 e. The highest BCUT2D eigenvalue weighted by Crippen LogP contribution is 2.21. The molecule has 0 aliphatic carbocycles. The maximum Gasteiger partial charge on any atom is 0.0417 e. The molecule has 1 nitrogen and oxygen atoms in total. The second kappa shape index (κ2) is 2.42. The van der Waals surface area contributed by atoms with Gasteiger partial charge < -0.3 is 5.32 Å². The van der Waals surface area contributed by atoms with Crippen molar-refractivity contribution in [2.45, 2.75) is 13.3 Å². The van der Waals surface area contributed by atoms with Crippen LogP contribution in [-0.2, 0) is 6.42 Å². The molecule has 0 atom stereocenters. The lowest BCUT2D eigenvalue weighted by Crippen LogP contribution is -2.04. The number of anilines is 1. The first-order valence-corrected chi connectivity index (χ1v) is 3.79. The Bertz CT molecular complexity index is 299. The summed E-state index contributed by atoms with van der Waals surface area (Å²) in [4.78, 5) is 0. The van der Waals surface area contributed by atoms with Crippen LogP contribution in [0.4, 0.5) is 5.69 Å². The monoisotopic (exact) mass is 144 g/mol. The molecule has 11 heavy (non-hydrogen) atoms. The highest BCUT2D eigenvalue weighted by Gasteiger charge is 2.04. The van der Waals surface area contributed by atoms with E-state index < -0.39 is 0 Å². The molecule has 1 aromatic rings. The first kappa shape index (κ1) is 6.47. The van der Waals surface area contributed by atoms with E-state index in [0.717, 1.165) is 6.42 Å². The van der Waals surface area contributed by atoms with Gasteiger partial charge in [-0.3, -0.25) is 0 Å². The van der Waals surface area contributed by atoms with Crippen LogP contribution in [-0.4, -0.2) is 0 Å². The van der Waals surface area contributed by atoms with E-state index in [-0.39, 0.29) is 0 Å². The fourth-order valence-corrected chi connectivity index (χ4v) is 1.28. The summed E-state index contributed by atoms with van der Waals surface area (Å²) in [5.41, 5.74) is 3.80. The van der Waals surface area contributed by atoms with E-state index in [2.05, 4.69) is 30.4 Å². The van der Waals surface area contributed by atoms with Gasteiger partial charge in [0.05, 0.1) is 0 Å². The molecule has 1 radical (unpaired) electrons. The van der Waals surface area contributed by atoms with Crippen molar-refractivity contribution in [1.82, 2.24) is 0 Å². The van der Waals surface area contributed by atoms with Crippen molar-refractivity contribution >= 4 is 5.69 Å². The highest BCUT2D eigenvalue weighted by molar-refractivity contribution is 5.57. The Labute approximate surface area is 66.7 Å². The van der Waals surface area contributed by atoms with Crippen molar-refractivity contribution in [3.63, 3.8) is 0 Å². The van der Waals surface area contributed by atoms with Crippen LogP contribution in [0.5, 0.6) is 0 Å². The summed E-state index contributed by atoms with van der Waals surface area (Å²) in [6.45, 7) is 2.08. The molecular weight excluding hydrogens is 134 g/mol. The van der Waals surface area contributed by atoms with Gasteiger partial charge in [-0.25, -0.2) is 0 Å². The van der Waals surface area contributed by atoms with E-state index in [1.54, 1.807) is 0 Å². The third-order valence-electron chi connectivity index (χ3n) is 1.91. The zero-order chi connectivity index (χ0) is 7.68. The molecule has 0 fully saturated rings. The topological polar surface area (TPSA) is 12.0 Å². The average Bonchev–Trinajstić information content (AvgIpc) is 2.04. The Hall–Kier alpha value is -1.24. The predicted molar refractivity (Wildman–Crippen MR) is 46.4 cm³/mol. The van der Waals surface area contributed by atoms with Gasteiger partial charge in [0.2, 0.25) is 0 Å². The van der Waals surface area contributed by atoms with Crippen molar-refractivity contribution in [1.29, 1.82) is 0 Å². The third-order valence-corrected chi connectivity index (χ3v) is 1.91. The average molecular weight is 144 g/mol. The van der Waals surface area contributed by atoms with Crippen molar-refractivity contribution in [3.05, 3.63) is 41.6 Å². The van der Waals surface area contributed by atoms with Crippen molar-refractivity contribution < 1.29 is 0 Å². The lowest BCUT2D eigenvalue weighted by molar-refractivity contribution is 1.16. The number of benzene rings is 1. The summed E-state index contributed by atoms with van der Waals surface area (Å²) < 4.78 is 0. The molecule has 0 unspecified atom stereocenters. The quantitative estimate of drug-likeness (QED) is 0.589. The van der Waals surface area contributed by atoms with E-state index in [0.29, 0.717) is 0 Å². The molecule has 1 aromatic carbocycles. The summed E-state index contributed by atoms with van der Waals surface area (Å²) in [6.07, 6.45) is 3.22. The van der Waals surface area contributed by atoms with Gasteiger partial charge in [-0.2, -0.15) is 0 Å². The summed E-state index contributed by atoms with van der Waals surface area (Å²) >= 11 is 0. The second-order valence-corrected chi connectivity index (χ2v) is 2.80. The molecule has 0 saturated heterocycles. The molecular formula is C10H10N. The van der Waals surface area contributed by atoms with Gasteiger partial charge in [0.1, 0.15) is 0 Å². The molecule has 1 N–H and O–H groups in total. The standard InChI is InChI=1S/C10H10N/c1-8-6-7-9-4-2-3-5-10(9)11-8/h3-6,11H,7H2,1H3. The van der Waals surface area contributed by atoms with Crippen LogP contribution in [0.1, 0.15) is 12.5 Å². The molecule has 1 heterocycles. The lowest BCUT2D eigenvalue weighted by atomic mass is 10.1. The number of rotatable bonds is 0. The molecule has 1 aliphatic rings. The maximum absolute atomic E-state index is 3.30. The van der Waals surface area contributed by atoms with Gasteiger partial charge in [-0.15, -0.1) is 0 Å². The Kier molecular flexibility index (Phi) is 1.42. The van der Waals surface area contributed by atoms with Crippen LogP contribution in [0.25, 0.3) is 0 Å². The number of fused-ring (bicyclic) bond motifs is 1. The van der Waals surface area contributed by atoms with Crippen LogP contribution in [0.2, 0.25) is 0 Å². The minimum absolute atomic E-state index is 1.03. The lowest BCUT2D eigenvalue weighted by Gasteiger charge is -2.15. The molecule has 0 amide bonds. The number of nitrogens with one attached hydrogen (secondary N) is 1. The Morgan fingerprint density at radius 3 is 3.36 bits per heavy atom. The number of allylic oxidation sites excluding steroid dienone is 2. The second-order valence-electron chi connectivity index (χ2n) is 2.80. The van der Waals surface area contributed by atoms with Crippen LogP contribution < -0.4 is 5.32 Å². The fourth-order valence-electron chi connectivity index (χ4n) is 1.28. The maximum atomic E-state index is 3.30. The van der Waals surface area contributed by atoms with Gasteiger partial charge in [-0.1, -0.05) is 12.1 Å². The van der Waals surface area contributed by atoms with Crippen molar-refractivity contribution in [2.75, 3.05) is 5.32 Å². The fraction of sp³-hybridized carbons (Fsp3) is 0.200. The van der Waals surface area contributed by atoms with Gasteiger partial charge in [0.15, 0.2) is 0 Å². The van der Waals surface area contributed by atoms with E-state index in [1.807, 2.05) is 12.1 Å². The molecule has 1 aliphatic heterocycles. The van der Waals surface area contributed by atoms with Gasteiger partial charge in [0.25, 0.3) is 0 Å². The largest absolute Gasteiger partial charge is 0.359 e. The summed E-state index contributed by atoms with van der Waals surface area (Å²) in [5, 5.41) is 3.30. The normalized spacial score (nSPS) is 14.8. The van der Waals surface area contributed by atoms with Crippen LogP contribution in [0, 0.1) is 6.07 Å². The van der Waals surface area contributed by atoms with Gasteiger partial charge in [-0.05, 0) is 37.1 Å². The smallest absolute Gasteiger partial charge is 0.0417 e. The van der Waals surface area contributed by atoms with Gasteiger partial charge in [0, 0.05) is 11.4 Å². The third kappa shape index (κ3) is 1.14. The van der Waals surface area contributed by atoms with Crippen LogP contribution in [0.15, 0.2) is 30.0 Å². The molecule has 0 saturated carbocycles. The summed E-state index contributed by atoms with van der Waals surface area (Å²) in [7, 11) is 0. The zero-order valence-corrected chi connectivity index (χ0v) is 6.52. The highest BCUT2D eigenvalue weighted by atomic mass is 14.9. The van der Waals surface area contributed by atoms with Gasteiger partial charge >= 0.3 is 0 Å². The van der Waals surface area contributed by atoms with E-state index in [1.165, 1.54) is 16.9 Å². The molecule has 55 valence electrons. The molecule has 2 rings (SSSR count). The first-order valence-electron chi connectivity index (χ1n) is 3.79. The summed E-state index contributed by atoms with van der Waals surface area (Å²) in [6, 6.07) is 9.10. The molecule has 0 spiro atoms. The van der Waals surface area contributed by atoms with Crippen LogP contribution in [0.3, 0.4) is 0 Å². The Morgan fingerprint density at radius 1 is 1.55 bits per heavy atom. The van der Waals surface area contributed by atoms with Crippen molar-refractivity contribution in [3.8, 4) is 0 Å². The summed E-state index contributed by atoms with van der Waals surface area (Å²) in [5.74, 6) is 0. The minimum atomic E-state index is 1.03. The Morgan fingerprint density at radius 2 is 2.45 bits per heavy atom. The first-order chi connectivity index (χ1) is 5.36.